The number of aryl methyl sites for hydroxylation is 2. The van der Waals surface area contributed by atoms with Crippen LogP contribution in [0.4, 0.5) is 5.95 Å². The van der Waals surface area contributed by atoms with Gasteiger partial charge in [0.15, 0.2) is 5.65 Å². The molecule has 0 saturated heterocycles. The van der Waals surface area contributed by atoms with Crippen molar-refractivity contribution in [1.29, 1.82) is 0 Å². The van der Waals surface area contributed by atoms with Gasteiger partial charge in [-0.05, 0) is 24.6 Å². The summed E-state index contributed by atoms with van der Waals surface area (Å²) in [4.78, 5) is 4.46. The number of hydrogen-bond acceptors (Lipinski definition) is 3. The van der Waals surface area contributed by atoms with E-state index in [0.717, 1.165) is 35.4 Å². The molecular weight excluding hydrogens is 309 g/mol. The predicted octanol–water partition coefficient (Wildman–Crippen LogP) is 3.60. The van der Waals surface area contributed by atoms with Gasteiger partial charge in [-0.3, -0.25) is 4.57 Å². The van der Waals surface area contributed by atoms with Crippen molar-refractivity contribution in [2.45, 2.75) is 19.8 Å². The standard InChI is InChI=1S/C14H15Cl2N5/c1-3-4-11-12-13(20(2)19-11)21(14(17)18-12)8-5-6-9(15)10(16)7-8/h5-7H,3-4H2,1-2H3,(H2,17,18). The summed E-state index contributed by atoms with van der Waals surface area (Å²) in [7, 11) is 1.89. The van der Waals surface area contributed by atoms with Crippen molar-refractivity contribution in [2.24, 2.45) is 7.05 Å². The maximum atomic E-state index is 6.10. The van der Waals surface area contributed by atoms with Crippen molar-refractivity contribution in [3.05, 3.63) is 33.9 Å². The molecule has 0 amide bonds. The zero-order valence-corrected chi connectivity index (χ0v) is 13.3. The average Bonchev–Trinajstić information content (AvgIpc) is 2.92. The Bertz CT molecular complexity index is 818. The molecule has 3 aromatic rings. The fourth-order valence-corrected chi connectivity index (χ4v) is 2.77. The number of imidazole rings is 1. The third-order valence-corrected chi connectivity index (χ3v) is 4.12. The summed E-state index contributed by atoms with van der Waals surface area (Å²) in [6.45, 7) is 2.11. The van der Waals surface area contributed by atoms with Gasteiger partial charge >= 0.3 is 0 Å². The van der Waals surface area contributed by atoms with E-state index in [4.69, 9.17) is 28.9 Å². The Kier molecular flexibility index (Phi) is 3.55. The number of nitrogens with two attached hydrogens (primary N) is 1. The second-order valence-electron chi connectivity index (χ2n) is 4.90. The van der Waals surface area contributed by atoms with Gasteiger partial charge in [-0.25, -0.2) is 9.67 Å². The lowest BCUT2D eigenvalue weighted by Crippen LogP contribution is -2.05. The molecule has 1 aromatic carbocycles. The van der Waals surface area contributed by atoms with Crippen LogP contribution in [0.1, 0.15) is 19.0 Å². The van der Waals surface area contributed by atoms with Crippen molar-refractivity contribution in [3.63, 3.8) is 0 Å². The summed E-state index contributed by atoms with van der Waals surface area (Å²) >= 11 is 12.1. The van der Waals surface area contributed by atoms with Crippen LogP contribution >= 0.6 is 23.2 Å². The molecule has 0 spiro atoms. The Morgan fingerprint density at radius 3 is 2.67 bits per heavy atom. The van der Waals surface area contributed by atoms with Crippen LogP contribution < -0.4 is 5.73 Å². The fraction of sp³-hybridized carbons (Fsp3) is 0.286. The zero-order valence-electron chi connectivity index (χ0n) is 11.8. The van der Waals surface area contributed by atoms with Gasteiger partial charge in [0.2, 0.25) is 5.95 Å². The summed E-state index contributed by atoms with van der Waals surface area (Å²) < 4.78 is 3.63. The second kappa shape index (κ2) is 5.24. The third-order valence-electron chi connectivity index (χ3n) is 3.38. The van der Waals surface area contributed by atoms with Crippen LogP contribution in [-0.4, -0.2) is 19.3 Å². The van der Waals surface area contributed by atoms with Crippen molar-refractivity contribution >= 4 is 40.3 Å². The van der Waals surface area contributed by atoms with Crippen LogP contribution in [0.3, 0.4) is 0 Å². The van der Waals surface area contributed by atoms with E-state index in [1.165, 1.54) is 0 Å². The highest BCUT2D eigenvalue weighted by Gasteiger charge is 2.18. The molecule has 0 aliphatic heterocycles. The highest BCUT2D eigenvalue weighted by Crippen LogP contribution is 2.29. The minimum absolute atomic E-state index is 0.411. The highest BCUT2D eigenvalue weighted by molar-refractivity contribution is 6.42. The van der Waals surface area contributed by atoms with Crippen LogP contribution in [0.15, 0.2) is 18.2 Å². The number of rotatable bonds is 3. The molecule has 110 valence electrons. The number of nitrogen functional groups attached to an aromatic ring is 1. The Morgan fingerprint density at radius 1 is 1.24 bits per heavy atom. The maximum Gasteiger partial charge on any atom is 0.207 e. The molecule has 2 heterocycles. The molecule has 0 fully saturated rings. The number of halogens is 2. The van der Waals surface area contributed by atoms with E-state index in [0.29, 0.717) is 16.0 Å². The molecule has 0 aliphatic rings. The van der Waals surface area contributed by atoms with Crippen LogP contribution in [-0.2, 0) is 13.5 Å². The molecule has 5 nitrogen and oxygen atoms in total. The van der Waals surface area contributed by atoms with Gasteiger partial charge in [0.05, 0.1) is 21.4 Å². The molecule has 21 heavy (non-hydrogen) atoms. The quantitative estimate of drug-likeness (QED) is 0.801. The Morgan fingerprint density at radius 2 is 2.00 bits per heavy atom. The first-order chi connectivity index (χ1) is 10.0. The van der Waals surface area contributed by atoms with E-state index in [2.05, 4.69) is 17.0 Å². The van der Waals surface area contributed by atoms with Gasteiger partial charge in [-0.15, -0.1) is 0 Å². The summed E-state index contributed by atoms with van der Waals surface area (Å²) in [5.41, 5.74) is 9.55. The molecule has 0 aliphatic carbocycles. The summed E-state index contributed by atoms with van der Waals surface area (Å²) in [5, 5.41) is 5.51. The van der Waals surface area contributed by atoms with E-state index in [1.54, 1.807) is 16.8 Å². The molecule has 0 atom stereocenters. The zero-order chi connectivity index (χ0) is 15.1. The normalized spacial score (nSPS) is 11.4. The number of nitrogens with zero attached hydrogens (tertiary/aromatic N) is 4. The Hall–Kier alpha value is -1.72. The van der Waals surface area contributed by atoms with E-state index in [1.807, 2.05) is 17.7 Å². The smallest absolute Gasteiger partial charge is 0.207 e. The van der Waals surface area contributed by atoms with Gasteiger partial charge < -0.3 is 5.73 Å². The van der Waals surface area contributed by atoms with Gasteiger partial charge in [0.1, 0.15) is 5.52 Å². The molecule has 3 rings (SSSR count). The van der Waals surface area contributed by atoms with Crippen LogP contribution in [0.25, 0.3) is 16.9 Å². The van der Waals surface area contributed by atoms with Crippen molar-refractivity contribution in [3.8, 4) is 5.69 Å². The number of fused-ring (bicyclic) bond motifs is 1. The topological polar surface area (TPSA) is 61.7 Å². The molecule has 2 N–H and O–H groups in total. The number of aromatic nitrogens is 4. The van der Waals surface area contributed by atoms with Crippen LogP contribution in [0.5, 0.6) is 0 Å². The minimum Gasteiger partial charge on any atom is -0.369 e. The summed E-state index contributed by atoms with van der Waals surface area (Å²) in [6.07, 6.45) is 1.88. The lowest BCUT2D eigenvalue weighted by Gasteiger charge is -2.08. The molecule has 0 saturated carbocycles. The van der Waals surface area contributed by atoms with E-state index in [-0.39, 0.29) is 0 Å². The molecule has 0 radical (unpaired) electrons. The molecule has 7 heteroatoms. The third kappa shape index (κ3) is 2.26. The second-order valence-corrected chi connectivity index (χ2v) is 5.71. The first kappa shape index (κ1) is 14.2. The highest BCUT2D eigenvalue weighted by atomic mass is 35.5. The minimum atomic E-state index is 0.411. The van der Waals surface area contributed by atoms with Gasteiger partial charge in [-0.1, -0.05) is 36.5 Å². The molecular formula is C14H15Cl2N5. The van der Waals surface area contributed by atoms with Crippen molar-refractivity contribution in [1.82, 2.24) is 19.3 Å². The average molecular weight is 324 g/mol. The SMILES string of the molecule is CCCc1nn(C)c2c1nc(N)n2-c1ccc(Cl)c(Cl)c1. The fourth-order valence-electron chi connectivity index (χ4n) is 2.48. The molecule has 0 unspecified atom stereocenters. The Balaban J connectivity index is 2.27. The van der Waals surface area contributed by atoms with Gasteiger partial charge in [0.25, 0.3) is 0 Å². The number of anilines is 1. The van der Waals surface area contributed by atoms with Gasteiger partial charge in [0, 0.05) is 7.05 Å². The molecule has 0 bridgehead atoms. The van der Waals surface area contributed by atoms with Crippen LogP contribution in [0.2, 0.25) is 10.0 Å². The largest absolute Gasteiger partial charge is 0.369 e. The van der Waals surface area contributed by atoms with Crippen molar-refractivity contribution in [2.75, 3.05) is 5.73 Å². The Labute approximate surface area is 132 Å². The number of hydrogen-bond donors (Lipinski definition) is 1. The maximum absolute atomic E-state index is 6.10. The van der Waals surface area contributed by atoms with Crippen molar-refractivity contribution < 1.29 is 0 Å². The first-order valence-corrected chi connectivity index (χ1v) is 7.43. The number of benzene rings is 1. The van der Waals surface area contributed by atoms with E-state index in [9.17, 15) is 0 Å². The lowest BCUT2D eigenvalue weighted by atomic mass is 10.2. The summed E-state index contributed by atoms with van der Waals surface area (Å²) in [6, 6.07) is 5.37. The first-order valence-electron chi connectivity index (χ1n) is 6.68. The van der Waals surface area contributed by atoms with Crippen LogP contribution in [0, 0.1) is 0 Å². The van der Waals surface area contributed by atoms with E-state index < -0.39 is 0 Å². The predicted molar refractivity (Wildman–Crippen MR) is 86.3 cm³/mol. The van der Waals surface area contributed by atoms with E-state index >= 15 is 0 Å². The monoisotopic (exact) mass is 323 g/mol. The summed E-state index contributed by atoms with van der Waals surface area (Å²) in [5.74, 6) is 0.411. The molecule has 2 aromatic heterocycles. The lowest BCUT2D eigenvalue weighted by molar-refractivity contribution is 0.738. The van der Waals surface area contributed by atoms with Gasteiger partial charge in [-0.2, -0.15) is 5.10 Å².